The van der Waals surface area contributed by atoms with E-state index in [1.54, 1.807) is 31.2 Å². The first-order chi connectivity index (χ1) is 13.3. The summed E-state index contributed by atoms with van der Waals surface area (Å²) in [6, 6.07) is 10.5. The van der Waals surface area contributed by atoms with Crippen molar-refractivity contribution in [1.82, 2.24) is 15.0 Å². The van der Waals surface area contributed by atoms with Crippen LogP contribution in [0.25, 0.3) is 11.4 Å². The van der Waals surface area contributed by atoms with Gasteiger partial charge in [-0.2, -0.15) is 13.2 Å². The standard InChI is InChI=1S/C19H16F3N5O/c1-2-17(28)25-14-5-3-13(4-6-14)24-16-11-15(19(20,21)22)26-18(27-16)12-7-9-23-10-8-12/h3-11H,2H2,1H3,(H,25,28)(H,24,26,27). The molecule has 6 nitrogen and oxygen atoms in total. The number of halogens is 3. The summed E-state index contributed by atoms with van der Waals surface area (Å²) in [4.78, 5) is 23.0. The minimum absolute atomic E-state index is 0.000481. The molecule has 0 bridgehead atoms. The first-order valence-corrected chi connectivity index (χ1v) is 8.39. The van der Waals surface area contributed by atoms with Gasteiger partial charge in [-0.3, -0.25) is 9.78 Å². The van der Waals surface area contributed by atoms with E-state index in [-0.39, 0.29) is 17.5 Å². The highest BCUT2D eigenvalue weighted by Crippen LogP contribution is 2.31. The van der Waals surface area contributed by atoms with Crippen molar-refractivity contribution in [2.75, 3.05) is 10.6 Å². The van der Waals surface area contributed by atoms with Gasteiger partial charge in [-0.15, -0.1) is 0 Å². The van der Waals surface area contributed by atoms with E-state index in [1.807, 2.05) is 0 Å². The maximum atomic E-state index is 13.2. The Morgan fingerprint density at radius 1 is 1.00 bits per heavy atom. The highest BCUT2D eigenvalue weighted by molar-refractivity contribution is 5.90. The molecule has 0 spiro atoms. The zero-order valence-corrected chi connectivity index (χ0v) is 14.8. The molecule has 0 aliphatic rings. The number of pyridine rings is 1. The zero-order chi connectivity index (χ0) is 20.1. The summed E-state index contributed by atoms with van der Waals surface area (Å²) in [5.41, 5.74) is 0.473. The summed E-state index contributed by atoms with van der Waals surface area (Å²) in [5.74, 6) is -0.195. The topological polar surface area (TPSA) is 79.8 Å². The fourth-order valence-electron chi connectivity index (χ4n) is 2.32. The van der Waals surface area contributed by atoms with Crippen molar-refractivity contribution in [3.8, 4) is 11.4 Å². The van der Waals surface area contributed by atoms with E-state index >= 15 is 0 Å². The minimum Gasteiger partial charge on any atom is -0.340 e. The van der Waals surface area contributed by atoms with Crippen LogP contribution in [0.3, 0.4) is 0 Å². The predicted molar refractivity (Wildman–Crippen MR) is 98.9 cm³/mol. The predicted octanol–water partition coefficient (Wildman–Crippen LogP) is 4.65. The summed E-state index contributed by atoms with van der Waals surface area (Å²) in [6.45, 7) is 1.74. The molecule has 0 unspecified atom stereocenters. The molecule has 2 N–H and O–H groups in total. The van der Waals surface area contributed by atoms with Crippen LogP contribution in [0.15, 0.2) is 54.9 Å². The van der Waals surface area contributed by atoms with Crippen LogP contribution in [0.4, 0.5) is 30.4 Å². The molecule has 0 saturated heterocycles. The lowest BCUT2D eigenvalue weighted by molar-refractivity contribution is -0.141. The number of nitrogens with one attached hydrogen (secondary N) is 2. The molecule has 0 atom stereocenters. The molecule has 2 heterocycles. The van der Waals surface area contributed by atoms with E-state index in [1.165, 1.54) is 24.5 Å². The molecule has 0 radical (unpaired) electrons. The van der Waals surface area contributed by atoms with Crippen LogP contribution in [0.1, 0.15) is 19.0 Å². The number of carbonyl (C=O) groups excluding carboxylic acids is 1. The zero-order valence-electron chi connectivity index (χ0n) is 14.8. The summed E-state index contributed by atoms with van der Waals surface area (Å²) < 4.78 is 39.7. The molecule has 0 aliphatic carbocycles. The Bertz CT molecular complexity index is 960. The van der Waals surface area contributed by atoms with Gasteiger partial charge in [0.15, 0.2) is 11.5 Å². The van der Waals surface area contributed by atoms with Gasteiger partial charge < -0.3 is 10.6 Å². The number of hydrogen-bond donors (Lipinski definition) is 2. The number of aromatic nitrogens is 3. The highest BCUT2D eigenvalue weighted by atomic mass is 19.4. The van der Waals surface area contributed by atoms with E-state index in [0.29, 0.717) is 23.4 Å². The summed E-state index contributed by atoms with van der Waals surface area (Å²) in [6.07, 6.45) is -1.36. The van der Waals surface area contributed by atoms with Crippen molar-refractivity contribution < 1.29 is 18.0 Å². The fourth-order valence-corrected chi connectivity index (χ4v) is 2.32. The molecule has 1 aromatic carbocycles. The van der Waals surface area contributed by atoms with Gasteiger partial charge in [-0.25, -0.2) is 9.97 Å². The second kappa shape index (κ2) is 8.03. The Labute approximate surface area is 158 Å². The molecular weight excluding hydrogens is 371 g/mol. The van der Waals surface area contributed by atoms with Crippen LogP contribution >= 0.6 is 0 Å². The lowest BCUT2D eigenvalue weighted by Crippen LogP contribution is -2.11. The molecule has 3 rings (SSSR count). The van der Waals surface area contributed by atoms with Crippen LogP contribution in [0, 0.1) is 0 Å². The second-order valence-corrected chi connectivity index (χ2v) is 5.80. The van der Waals surface area contributed by atoms with Gasteiger partial charge in [0.25, 0.3) is 0 Å². The van der Waals surface area contributed by atoms with Crippen molar-refractivity contribution in [1.29, 1.82) is 0 Å². The van der Waals surface area contributed by atoms with Gasteiger partial charge >= 0.3 is 6.18 Å². The third-order valence-electron chi connectivity index (χ3n) is 3.72. The quantitative estimate of drug-likeness (QED) is 0.666. The highest BCUT2D eigenvalue weighted by Gasteiger charge is 2.33. The monoisotopic (exact) mass is 387 g/mol. The molecule has 28 heavy (non-hydrogen) atoms. The summed E-state index contributed by atoms with van der Waals surface area (Å²) in [5, 5.41) is 5.54. The molecule has 144 valence electrons. The van der Waals surface area contributed by atoms with Gasteiger partial charge in [0.05, 0.1) is 0 Å². The number of rotatable bonds is 5. The lowest BCUT2D eigenvalue weighted by atomic mass is 10.2. The van der Waals surface area contributed by atoms with Crippen LogP contribution in [-0.4, -0.2) is 20.9 Å². The number of alkyl halides is 3. The number of anilines is 3. The summed E-state index contributed by atoms with van der Waals surface area (Å²) in [7, 11) is 0. The molecule has 0 fully saturated rings. The molecule has 1 amide bonds. The van der Waals surface area contributed by atoms with Crippen molar-refractivity contribution in [3.05, 3.63) is 60.6 Å². The Kier molecular flexibility index (Phi) is 5.53. The number of benzene rings is 1. The maximum Gasteiger partial charge on any atom is 0.433 e. The van der Waals surface area contributed by atoms with Crippen LogP contribution < -0.4 is 10.6 Å². The molecule has 0 aliphatic heterocycles. The van der Waals surface area contributed by atoms with E-state index < -0.39 is 11.9 Å². The molecule has 3 aromatic rings. The number of carbonyl (C=O) groups is 1. The SMILES string of the molecule is CCC(=O)Nc1ccc(Nc2cc(C(F)(F)F)nc(-c3ccncc3)n2)cc1. The van der Waals surface area contributed by atoms with E-state index in [0.717, 1.165) is 6.07 Å². The van der Waals surface area contributed by atoms with Crippen molar-refractivity contribution in [3.63, 3.8) is 0 Å². The third kappa shape index (κ3) is 4.81. The Hall–Kier alpha value is -3.49. The van der Waals surface area contributed by atoms with Crippen LogP contribution in [0.2, 0.25) is 0 Å². The van der Waals surface area contributed by atoms with E-state index in [9.17, 15) is 18.0 Å². The van der Waals surface area contributed by atoms with Gasteiger partial charge in [-0.05, 0) is 36.4 Å². The minimum atomic E-state index is -4.62. The third-order valence-corrected chi connectivity index (χ3v) is 3.72. The fraction of sp³-hybridized carbons (Fsp3) is 0.158. The Balaban J connectivity index is 1.90. The van der Waals surface area contributed by atoms with Gasteiger partial charge in [0, 0.05) is 41.8 Å². The lowest BCUT2D eigenvalue weighted by Gasteiger charge is -2.12. The molecule has 2 aromatic heterocycles. The average molecular weight is 387 g/mol. The maximum absolute atomic E-state index is 13.2. The molecule has 0 saturated carbocycles. The van der Waals surface area contributed by atoms with Crippen LogP contribution in [-0.2, 0) is 11.0 Å². The van der Waals surface area contributed by atoms with Crippen LogP contribution in [0.5, 0.6) is 0 Å². The van der Waals surface area contributed by atoms with Crippen molar-refractivity contribution in [2.24, 2.45) is 0 Å². The first kappa shape index (κ1) is 19.3. The largest absolute Gasteiger partial charge is 0.433 e. The second-order valence-electron chi connectivity index (χ2n) is 5.80. The Morgan fingerprint density at radius 3 is 2.25 bits per heavy atom. The van der Waals surface area contributed by atoms with E-state index in [2.05, 4.69) is 25.6 Å². The van der Waals surface area contributed by atoms with Gasteiger partial charge in [0.2, 0.25) is 5.91 Å². The Morgan fingerprint density at radius 2 is 1.64 bits per heavy atom. The van der Waals surface area contributed by atoms with Crippen molar-refractivity contribution >= 4 is 23.1 Å². The number of hydrogen-bond acceptors (Lipinski definition) is 5. The molecular formula is C19H16F3N5O. The normalized spacial score (nSPS) is 11.1. The van der Waals surface area contributed by atoms with Gasteiger partial charge in [0.1, 0.15) is 5.82 Å². The van der Waals surface area contributed by atoms with E-state index in [4.69, 9.17) is 0 Å². The summed E-state index contributed by atoms with van der Waals surface area (Å²) >= 11 is 0. The number of amides is 1. The van der Waals surface area contributed by atoms with Crippen molar-refractivity contribution in [2.45, 2.75) is 19.5 Å². The molecule has 9 heteroatoms. The number of nitrogens with zero attached hydrogens (tertiary/aromatic N) is 3. The first-order valence-electron chi connectivity index (χ1n) is 8.39. The van der Waals surface area contributed by atoms with Gasteiger partial charge in [-0.1, -0.05) is 6.92 Å². The smallest absolute Gasteiger partial charge is 0.340 e. The average Bonchev–Trinajstić information content (AvgIpc) is 2.69.